The van der Waals surface area contributed by atoms with Gasteiger partial charge in [0.15, 0.2) is 0 Å². The number of methoxy groups -OCH3 is 1. The Morgan fingerprint density at radius 2 is 1.79 bits per heavy atom. The maximum atomic E-state index is 6.50. The highest BCUT2D eigenvalue weighted by atomic mass is 79.9. The molecule has 0 bridgehead atoms. The Morgan fingerprint density at radius 1 is 1.05 bits per heavy atom. The van der Waals surface area contributed by atoms with Crippen LogP contribution in [0.2, 0.25) is 10.0 Å². The molecule has 19 heavy (non-hydrogen) atoms. The highest BCUT2D eigenvalue weighted by Gasteiger charge is 2.17. The van der Waals surface area contributed by atoms with Crippen LogP contribution in [-0.2, 0) is 0 Å². The van der Waals surface area contributed by atoms with Gasteiger partial charge in [-0.15, -0.1) is 11.6 Å². The summed E-state index contributed by atoms with van der Waals surface area (Å²) in [6.07, 6.45) is 0. The third-order valence-electron chi connectivity index (χ3n) is 2.71. The second kappa shape index (κ2) is 6.36. The smallest absolute Gasteiger partial charge is 0.120 e. The second-order valence-electron chi connectivity index (χ2n) is 3.92. The highest BCUT2D eigenvalue weighted by molar-refractivity contribution is 9.10. The molecule has 1 atom stereocenters. The number of hydrogen-bond acceptors (Lipinski definition) is 1. The minimum atomic E-state index is -0.383. The minimum Gasteiger partial charge on any atom is -0.497 e. The summed E-state index contributed by atoms with van der Waals surface area (Å²) in [5.41, 5.74) is 1.69. The van der Waals surface area contributed by atoms with Gasteiger partial charge in [-0.05, 0) is 41.5 Å². The number of rotatable bonds is 3. The van der Waals surface area contributed by atoms with Crippen LogP contribution in [0.3, 0.4) is 0 Å². The Labute approximate surface area is 135 Å². The zero-order chi connectivity index (χ0) is 14.0. The predicted molar refractivity (Wildman–Crippen MR) is 84.9 cm³/mol. The molecule has 100 valence electrons. The molecule has 1 nitrogen and oxygen atoms in total. The third-order valence-corrected chi connectivity index (χ3v) is 4.45. The molecule has 2 aromatic rings. The number of benzene rings is 2. The molecule has 0 saturated heterocycles. The van der Waals surface area contributed by atoms with Crippen LogP contribution in [0, 0.1) is 0 Å². The molecular formula is C14H10BrCl3O. The van der Waals surface area contributed by atoms with Gasteiger partial charge in [-0.25, -0.2) is 0 Å². The normalized spacial score (nSPS) is 12.3. The maximum absolute atomic E-state index is 6.50. The molecule has 5 heteroatoms. The number of alkyl halides is 1. The molecule has 0 aromatic heterocycles. The van der Waals surface area contributed by atoms with Crippen LogP contribution in [0.25, 0.3) is 0 Å². The SMILES string of the molecule is COc1ccc(C(Cl)c2cc(Cl)ccc2Cl)c(Br)c1. The summed E-state index contributed by atoms with van der Waals surface area (Å²) in [7, 11) is 1.62. The van der Waals surface area contributed by atoms with Crippen molar-refractivity contribution in [1.29, 1.82) is 0 Å². The molecule has 0 heterocycles. The Kier molecular flexibility index (Phi) is 5.02. The van der Waals surface area contributed by atoms with Gasteiger partial charge in [-0.1, -0.05) is 45.2 Å². The maximum Gasteiger partial charge on any atom is 0.120 e. The summed E-state index contributed by atoms with van der Waals surface area (Å²) in [4.78, 5) is 0. The molecule has 0 radical (unpaired) electrons. The summed E-state index contributed by atoms with van der Waals surface area (Å²) in [5.74, 6) is 0.761. The fourth-order valence-electron chi connectivity index (χ4n) is 1.72. The van der Waals surface area contributed by atoms with Gasteiger partial charge in [0.2, 0.25) is 0 Å². The van der Waals surface area contributed by atoms with Gasteiger partial charge in [0.05, 0.1) is 12.5 Å². The van der Waals surface area contributed by atoms with Crippen molar-refractivity contribution < 1.29 is 4.74 Å². The monoisotopic (exact) mass is 378 g/mol. The lowest BCUT2D eigenvalue weighted by Gasteiger charge is -2.15. The Bertz CT molecular complexity index is 601. The van der Waals surface area contributed by atoms with E-state index in [-0.39, 0.29) is 5.38 Å². The molecule has 0 fully saturated rings. The van der Waals surface area contributed by atoms with Crippen LogP contribution in [-0.4, -0.2) is 7.11 Å². The van der Waals surface area contributed by atoms with Crippen LogP contribution in [0.15, 0.2) is 40.9 Å². The van der Waals surface area contributed by atoms with Crippen molar-refractivity contribution in [2.24, 2.45) is 0 Å². The molecular weight excluding hydrogens is 370 g/mol. The zero-order valence-electron chi connectivity index (χ0n) is 9.96. The molecule has 0 aliphatic carbocycles. The van der Waals surface area contributed by atoms with Crippen molar-refractivity contribution in [1.82, 2.24) is 0 Å². The van der Waals surface area contributed by atoms with Crippen molar-refractivity contribution >= 4 is 50.7 Å². The van der Waals surface area contributed by atoms with E-state index < -0.39 is 0 Å². The van der Waals surface area contributed by atoms with Crippen molar-refractivity contribution in [2.75, 3.05) is 7.11 Å². The van der Waals surface area contributed by atoms with E-state index in [4.69, 9.17) is 39.5 Å². The summed E-state index contributed by atoms with van der Waals surface area (Å²) >= 11 is 22.1. The van der Waals surface area contributed by atoms with Crippen LogP contribution in [0.4, 0.5) is 0 Å². The molecule has 0 amide bonds. The second-order valence-corrected chi connectivity index (χ2v) is 6.05. The summed E-state index contributed by atoms with van der Waals surface area (Å²) in [6.45, 7) is 0. The van der Waals surface area contributed by atoms with E-state index in [0.717, 1.165) is 21.3 Å². The summed E-state index contributed by atoms with van der Waals surface area (Å²) in [5, 5.41) is 0.813. The molecule has 0 saturated carbocycles. The van der Waals surface area contributed by atoms with Crippen molar-refractivity contribution in [3.63, 3.8) is 0 Å². The lowest BCUT2D eigenvalue weighted by atomic mass is 10.0. The van der Waals surface area contributed by atoms with Gasteiger partial charge in [-0.2, -0.15) is 0 Å². The van der Waals surface area contributed by atoms with E-state index in [1.165, 1.54) is 0 Å². The van der Waals surface area contributed by atoms with Crippen LogP contribution < -0.4 is 4.74 Å². The standard InChI is InChI=1S/C14H10BrCl3O/c1-19-9-3-4-10(12(15)7-9)14(18)11-6-8(16)2-5-13(11)17/h2-7,14H,1H3. The molecule has 0 spiro atoms. The average Bonchev–Trinajstić information content (AvgIpc) is 2.40. The van der Waals surface area contributed by atoms with Gasteiger partial charge in [-0.3, -0.25) is 0 Å². The third kappa shape index (κ3) is 3.38. The lowest BCUT2D eigenvalue weighted by Crippen LogP contribution is -1.96. The molecule has 0 aliphatic rings. The first-order valence-electron chi connectivity index (χ1n) is 5.45. The average molecular weight is 380 g/mol. The first-order valence-corrected chi connectivity index (χ1v) is 7.44. The number of hydrogen-bond donors (Lipinski definition) is 0. The molecule has 0 N–H and O–H groups in total. The van der Waals surface area contributed by atoms with Gasteiger partial charge >= 0.3 is 0 Å². The van der Waals surface area contributed by atoms with Crippen molar-refractivity contribution in [2.45, 2.75) is 5.38 Å². The molecule has 0 aliphatic heterocycles. The lowest BCUT2D eigenvalue weighted by molar-refractivity contribution is 0.414. The number of ether oxygens (including phenoxy) is 1. The Hall–Kier alpha value is -0.410. The molecule has 2 aromatic carbocycles. The topological polar surface area (TPSA) is 9.23 Å². The van der Waals surface area contributed by atoms with E-state index >= 15 is 0 Å². The van der Waals surface area contributed by atoms with E-state index in [1.807, 2.05) is 18.2 Å². The quantitative estimate of drug-likeness (QED) is 0.585. The van der Waals surface area contributed by atoms with Crippen LogP contribution in [0.1, 0.15) is 16.5 Å². The Balaban J connectivity index is 2.43. The molecule has 2 rings (SSSR count). The van der Waals surface area contributed by atoms with E-state index in [2.05, 4.69) is 15.9 Å². The number of halogens is 4. The van der Waals surface area contributed by atoms with E-state index in [9.17, 15) is 0 Å². The van der Waals surface area contributed by atoms with E-state index in [0.29, 0.717) is 10.0 Å². The van der Waals surface area contributed by atoms with Crippen molar-refractivity contribution in [3.8, 4) is 5.75 Å². The fourth-order valence-corrected chi connectivity index (χ4v) is 3.27. The van der Waals surface area contributed by atoms with Gasteiger partial charge < -0.3 is 4.74 Å². The van der Waals surface area contributed by atoms with Crippen LogP contribution >= 0.6 is 50.7 Å². The molecule has 1 unspecified atom stereocenters. The van der Waals surface area contributed by atoms with Gasteiger partial charge in [0.1, 0.15) is 5.75 Å². The largest absolute Gasteiger partial charge is 0.497 e. The summed E-state index contributed by atoms with van der Waals surface area (Å²) < 4.78 is 6.02. The zero-order valence-corrected chi connectivity index (χ0v) is 13.8. The fraction of sp³-hybridized carbons (Fsp3) is 0.143. The van der Waals surface area contributed by atoms with Gasteiger partial charge in [0.25, 0.3) is 0 Å². The summed E-state index contributed by atoms with van der Waals surface area (Å²) in [6, 6.07) is 10.9. The minimum absolute atomic E-state index is 0.383. The first-order chi connectivity index (χ1) is 9.02. The highest BCUT2D eigenvalue weighted by Crippen LogP contribution is 2.39. The van der Waals surface area contributed by atoms with E-state index in [1.54, 1.807) is 25.3 Å². The first kappa shape index (κ1) is 15.0. The van der Waals surface area contributed by atoms with Crippen molar-refractivity contribution in [3.05, 3.63) is 62.0 Å². The predicted octanol–water partition coefficient (Wildman–Crippen LogP) is 6.09. The Morgan fingerprint density at radius 3 is 2.42 bits per heavy atom. The van der Waals surface area contributed by atoms with Crippen LogP contribution in [0.5, 0.6) is 5.75 Å². The van der Waals surface area contributed by atoms with Gasteiger partial charge in [0, 0.05) is 14.5 Å².